The highest BCUT2D eigenvalue weighted by molar-refractivity contribution is 6.03. The molecule has 1 amide bonds. The van der Waals surface area contributed by atoms with Crippen molar-refractivity contribution in [3.8, 4) is 11.5 Å². The standard InChI is InChI=1S/C20H24F3N7O3.C2H7N/c1-25-10-14(17(24)30(2)7-3-4-8-31)28-18(32)15-11-33-19(29-15)13-5-6-26-16(9-13)27-12-20(21,22)23;1-2-3/h5-6,8-11,24-25H,3-4,7,12H2,1-2H3,(H,26,27)(H,28,32);2-3H2,1H3/b14-10+,24-17?;. The number of nitrogens with one attached hydrogen (secondary N) is 4. The molecule has 0 unspecified atom stereocenters. The Morgan fingerprint density at radius 3 is 2.67 bits per heavy atom. The van der Waals surface area contributed by atoms with Gasteiger partial charge in [0.05, 0.1) is 5.70 Å². The number of amides is 1. The number of hydrogen-bond donors (Lipinski definition) is 5. The number of halogens is 3. The molecule has 2 heterocycles. The number of alkyl halides is 3. The highest BCUT2D eigenvalue weighted by Gasteiger charge is 2.27. The van der Waals surface area contributed by atoms with Crippen molar-refractivity contribution in [2.24, 2.45) is 5.73 Å². The van der Waals surface area contributed by atoms with Crippen molar-refractivity contribution in [2.75, 3.05) is 39.0 Å². The molecule has 0 fully saturated rings. The highest BCUT2D eigenvalue weighted by Crippen LogP contribution is 2.22. The number of nitrogens with zero attached hydrogens (tertiary/aromatic N) is 3. The number of anilines is 1. The molecule has 0 bridgehead atoms. The Morgan fingerprint density at radius 2 is 2.06 bits per heavy atom. The molecule has 0 atom stereocenters. The van der Waals surface area contributed by atoms with Crippen molar-refractivity contribution in [3.05, 3.63) is 42.2 Å². The van der Waals surface area contributed by atoms with Gasteiger partial charge in [0.25, 0.3) is 5.91 Å². The fourth-order valence-electron chi connectivity index (χ4n) is 2.59. The average Bonchev–Trinajstić information content (AvgIpc) is 3.33. The molecule has 6 N–H and O–H groups in total. The van der Waals surface area contributed by atoms with Gasteiger partial charge in [-0.3, -0.25) is 10.2 Å². The molecule has 2 rings (SSSR count). The summed E-state index contributed by atoms with van der Waals surface area (Å²) < 4.78 is 42.5. The summed E-state index contributed by atoms with van der Waals surface area (Å²) in [6.07, 6.45) is 1.13. The molecule has 0 saturated carbocycles. The fraction of sp³-hybridized carbons (Fsp3) is 0.409. The van der Waals surface area contributed by atoms with Gasteiger partial charge in [-0.1, -0.05) is 6.92 Å². The van der Waals surface area contributed by atoms with Crippen molar-refractivity contribution in [1.82, 2.24) is 25.5 Å². The number of aldehydes is 1. The van der Waals surface area contributed by atoms with Crippen molar-refractivity contribution in [2.45, 2.75) is 25.9 Å². The molecule has 198 valence electrons. The highest BCUT2D eigenvalue weighted by atomic mass is 19.4. The van der Waals surface area contributed by atoms with Gasteiger partial charge in [0.1, 0.15) is 30.7 Å². The summed E-state index contributed by atoms with van der Waals surface area (Å²) in [5, 5.41) is 15.7. The smallest absolute Gasteiger partial charge is 0.405 e. The van der Waals surface area contributed by atoms with Gasteiger partial charge in [-0.15, -0.1) is 0 Å². The Morgan fingerprint density at radius 1 is 1.36 bits per heavy atom. The lowest BCUT2D eigenvalue weighted by molar-refractivity contribution is -0.115. The number of pyridine rings is 1. The van der Waals surface area contributed by atoms with Crippen LogP contribution in [0.3, 0.4) is 0 Å². The first-order valence-electron chi connectivity index (χ1n) is 10.9. The van der Waals surface area contributed by atoms with Gasteiger partial charge in [0.15, 0.2) is 5.69 Å². The Hall–Kier alpha value is -3.94. The van der Waals surface area contributed by atoms with E-state index in [0.29, 0.717) is 24.9 Å². The summed E-state index contributed by atoms with van der Waals surface area (Å²) in [7, 11) is 3.26. The summed E-state index contributed by atoms with van der Waals surface area (Å²) in [5.41, 5.74) is 5.25. The van der Waals surface area contributed by atoms with Crippen LogP contribution in [0.5, 0.6) is 0 Å². The van der Waals surface area contributed by atoms with E-state index in [2.05, 4.69) is 25.9 Å². The quantitative estimate of drug-likeness (QED) is 0.132. The second-order valence-corrected chi connectivity index (χ2v) is 7.22. The van der Waals surface area contributed by atoms with E-state index < -0.39 is 18.6 Å². The Balaban J connectivity index is 0.00000205. The second kappa shape index (κ2) is 15.1. The molecule has 0 aliphatic heterocycles. The van der Waals surface area contributed by atoms with Crippen LogP contribution in [0.4, 0.5) is 19.0 Å². The maximum atomic E-state index is 12.6. The minimum absolute atomic E-state index is 0.0119. The molecule has 0 spiro atoms. The van der Waals surface area contributed by atoms with Crippen molar-refractivity contribution < 1.29 is 27.2 Å². The maximum absolute atomic E-state index is 12.6. The number of oxazole rings is 1. The lowest BCUT2D eigenvalue weighted by atomic mass is 10.2. The SMILES string of the molecule is CCN.CN/C=C(/NC(=O)c1coc(-c2ccnc(NCC(F)(F)F)c2)n1)C(=N)N(C)CCCC=O. The molecule has 2 aromatic rings. The molecular formula is C22H31F3N8O3. The zero-order chi connectivity index (χ0) is 27.1. The van der Waals surface area contributed by atoms with Crippen molar-refractivity contribution >= 4 is 23.8 Å². The molecule has 0 saturated heterocycles. The summed E-state index contributed by atoms with van der Waals surface area (Å²) >= 11 is 0. The maximum Gasteiger partial charge on any atom is 0.405 e. The third-order valence-electron chi connectivity index (χ3n) is 4.20. The van der Waals surface area contributed by atoms with Crippen LogP contribution in [0.15, 0.2) is 40.9 Å². The monoisotopic (exact) mass is 512 g/mol. The molecule has 0 aliphatic carbocycles. The second-order valence-electron chi connectivity index (χ2n) is 7.22. The zero-order valence-electron chi connectivity index (χ0n) is 20.3. The Labute approximate surface area is 206 Å². The largest absolute Gasteiger partial charge is 0.444 e. The van der Waals surface area contributed by atoms with Gasteiger partial charge in [0, 0.05) is 45.0 Å². The molecule has 0 radical (unpaired) electrons. The van der Waals surface area contributed by atoms with E-state index in [0.717, 1.165) is 19.1 Å². The number of carbonyl (C=O) groups is 2. The molecular weight excluding hydrogens is 481 g/mol. The first kappa shape index (κ1) is 30.1. The van der Waals surface area contributed by atoms with Crippen molar-refractivity contribution in [1.29, 1.82) is 5.41 Å². The van der Waals surface area contributed by atoms with Crippen LogP contribution in [0, 0.1) is 5.41 Å². The number of hydrogen-bond acceptors (Lipinski definition) is 9. The Bertz CT molecular complexity index is 1020. The summed E-state index contributed by atoms with van der Waals surface area (Å²) in [6.45, 7) is 1.84. The number of likely N-dealkylation sites (N-methyl/N-ethyl adjacent to an activating group) is 1. The number of carbonyl (C=O) groups excluding carboxylic acids is 2. The van der Waals surface area contributed by atoms with Gasteiger partial charge < -0.3 is 35.8 Å². The summed E-state index contributed by atoms with van der Waals surface area (Å²) in [4.78, 5) is 32.6. The average molecular weight is 513 g/mol. The summed E-state index contributed by atoms with van der Waals surface area (Å²) in [5.74, 6) is -0.652. The van der Waals surface area contributed by atoms with Crippen LogP contribution in [0.2, 0.25) is 0 Å². The third-order valence-corrected chi connectivity index (χ3v) is 4.20. The molecule has 36 heavy (non-hydrogen) atoms. The molecule has 2 aromatic heterocycles. The first-order chi connectivity index (χ1) is 17.1. The number of rotatable bonds is 11. The van der Waals surface area contributed by atoms with Gasteiger partial charge >= 0.3 is 6.18 Å². The number of nitrogens with two attached hydrogens (primary N) is 1. The van der Waals surface area contributed by atoms with Crippen LogP contribution < -0.4 is 21.7 Å². The van der Waals surface area contributed by atoms with Gasteiger partial charge in [-0.2, -0.15) is 13.2 Å². The predicted octanol–water partition coefficient (Wildman–Crippen LogP) is 2.35. The van der Waals surface area contributed by atoms with Crippen molar-refractivity contribution in [3.63, 3.8) is 0 Å². The van der Waals surface area contributed by atoms with E-state index >= 15 is 0 Å². The summed E-state index contributed by atoms with van der Waals surface area (Å²) in [6, 6.07) is 2.79. The van der Waals surface area contributed by atoms with Crippen LogP contribution in [-0.2, 0) is 4.79 Å². The van der Waals surface area contributed by atoms with Gasteiger partial charge in [0.2, 0.25) is 5.89 Å². The molecule has 11 nitrogen and oxygen atoms in total. The number of amidine groups is 1. The lowest BCUT2D eigenvalue weighted by Gasteiger charge is -2.21. The van der Waals surface area contributed by atoms with E-state index in [4.69, 9.17) is 15.6 Å². The number of aromatic nitrogens is 2. The molecule has 0 aliphatic rings. The van der Waals surface area contributed by atoms with Gasteiger partial charge in [-0.05, 0) is 25.1 Å². The Kier molecular flexibility index (Phi) is 12.7. The van der Waals surface area contributed by atoms with Crippen LogP contribution in [0.25, 0.3) is 11.5 Å². The zero-order valence-corrected chi connectivity index (χ0v) is 20.3. The first-order valence-corrected chi connectivity index (χ1v) is 10.9. The fourth-order valence-corrected chi connectivity index (χ4v) is 2.59. The van der Waals surface area contributed by atoms with Gasteiger partial charge in [-0.25, -0.2) is 9.97 Å². The van der Waals surface area contributed by atoms with Crippen LogP contribution in [-0.4, -0.2) is 72.8 Å². The van der Waals surface area contributed by atoms with E-state index in [1.165, 1.54) is 24.5 Å². The van der Waals surface area contributed by atoms with Crippen LogP contribution in [0.1, 0.15) is 30.3 Å². The lowest BCUT2D eigenvalue weighted by Crippen LogP contribution is -2.37. The minimum Gasteiger partial charge on any atom is -0.444 e. The van der Waals surface area contributed by atoms with E-state index in [1.807, 2.05) is 6.92 Å². The van der Waals surface area contributed by atoms with Crippen LogP contribution >= 0.6 is 0 Å². The minimum atomic E-state index is -4.40. The number of unbranched alkanes of at least 4 members (excludes halogenated alkanes) is 1. The topological polar surface area (TPSA) is 162 Å². The molecule has 0 aromatic carbocycles. The van der Waals surface area contributed by atoms with E-state index in [9.17, 15) is 22.8 Å². The predicted molar refractivity (Wildman–Crippen MR) is 129 cm³/mol. The molecule has 14 heteroatoms. The normalized spacial score (nSPS) is 11.1. The van der Waals surface area contributed by atoms with E-state index in [1.54, 1.807) is 19.0 Å². The third kappa shape index (κ3) is 10.5. The van der Waals surface area contributed by atoms with E-state index in [-0.39, 0.29) is 28.9 Å².